The van der Waals surface area contributed by atoms with Gasteiger partial charge in [-0.25, -0.2) is 4.98 Å². The van der Waals surface area contributed by atoms with Crippen molar-refractivity contribution in [3.63, 3.8) is 0 Å². The molecular formula is C21H32N4O2. The van der Waals surface area contributed by atoms with Crippen molar-refractivity contribution >= 4 is 5.91 Å². The van der Waals surface area contributed by atoms with Crippen molar-refractivity contribution < 1.29 is 4.79 Å². The molecule has 3 heterocycles. The summed E-state index contributed by atoms with van der Waals surface area (Å²) in [6, 6.07) is 0.550. The Bertz CT molecular complexity index is 751. The molecule has 1 saturated carbocycles. The molecule has 6 nitrogen and oxygen atoms in total. The van der Waals surface area contributed by atoms with Crippen LogP contribution in [-0.2, 0) is 17.8 Å². The zero-order valence-corrected chi connectivity index (χ0v) is 16.7. The van der Waals surface area contributed by atoms with Crippen LogP contribution >= 0.6 is 0 Å². The van der Waals surface area contributed by atoms with Crippen LogP contribution in [0.2, 0.25) is 0 Å². The summed E-state index contributed by atoms with van der Waals surface area (Å²) in [6.07, 6.45) is 8.29. The highest BCUT2D eigenvalue weighted by Crippen LogP contribution is 2.32. The maximum Gasteiger partial charge on any atom is 0.255 e. The third kappa shape index (κ3) is 3.68. The quantitative estimate of drug-likeness (QED) is 0.886. The molecule has 1 aliphatic carbocycles. The van der Waals surface area contributed by atoms with Gasteiger partial charge in [0.25, 0.3) is 5.56 Å². The monoisotopic (exact) mass is 372 g/mol. The maximum absolute atomic E-state index is 12.8. The van der Waals surface area contributed by atoms with Gasteiger partial charge in [-0.2, -0.15) is 0 Å². The van der Waals surface area contributed by atoms with Crippen molar-refractivity contribution in [1.29, 1.82) is 0 Å². The Labute approximate surface area is 161 Å². The van der Waals surface area contributed by atoms with Crippen molar-refractivity contribution in [2.75, 3.05) is 13.1 Å². The fourth-order valence-electron chi connectivity index (χ4n) is 5.09. The summed E-state index contributed by atoms with van der Waals surface area (Å²) < 4.78 is 0. The molecule has 3 aliphatic rings. The van der Waals surface area contributed by atoms with Gasteiger partial charge in [-0.15, -0.1) is 0 Å². The van der Waals surface area contributed by atoms with Crippen molar-refractivity contribution in [2.24, 2.45) is 5.92 Å². The molecule has 0 radical (unpaired) electrons. The molecule has 0 bridgehead atoms. The number of carbonyl (C=O) groups excluding carboxylic acids is 1. The number of nitrogens with zero attached hydrogens (tertiary/aromatic N) is 3. The molecule has 1 saturated heterocycles. The molecule has 148 valence electrons. The van der Waals surface area contributed by atoms with E-state index in [1.807, 2.05) is 11.8 Å². The second kappa shape index (κ2) is 7.74. The van der Waals surface area contributed by atoms with E-state index >= 15 is 0 Å². The van der Waals surface area contributed by atoms with E-state index < -0.39 is 0 Å². The van der Waals surface area contributed by atoms with Crippen LogP contribution in [0.5, 0.6) is 0 Å². The molecule has 27 heavy (non-hydrogen) atoms. The van der Waals surface area contributed by atoms with Crippen molar-refractivity contribution in [3.05, 3.63) is 27.4 Å². The van der Waals surface area contributed by atoms with E-state index in [4.69, 9.17) is 4.98 Å². The van der Waals surface area contributed by atoms with Crippen LogP contribution in [-0.4, -0.2) is 44.8 Å². The lowest BCUT2D eigenvalue weighted by Gasteiger charge is -2.38. The molecule has 1 aromatic heterocycles. The van der Waals surface area contributed by atoms with Crippen LogP contribution in [0.4, 0.5) is 0 Å². The number of amides is 1. The highest BCUT2D eigenvalue weighted by atomic mass is 16.2. The second-order valence-electron chi connectivity index (χ2n) is 8.61. The Hall–Kier alpha value is -1.69. The molecule has 1 aromatic rings. The van der Waals surface area contributed by atoms with Crippen LogP contribution < -0.4 is 5.56 Å². The molecular weight excluding hydrogens is 340 g/mol. The first kappa shape index (κ1) is 18.7. The number of fused-ring (bicyclic) bond motifs is 1. The normalized spacial score (nSPS) is 29.0. The van der Waals surface area contributed by atoms with Crippen LogP contribution in [0.1, 0.15) is 81.9 Å². The lowest BCUT2D eigenvalue weighted by atomic mass is 9.86. The Morgan fingerprint density at radius 3 is 2.70 bits per heavy atom. The minimum absolute atomic E-state index is 0.000301. The van der Waals surface area contributed by atoms with Gasteiger partial charge in [0.15, 0.2) is 0 Å². The topological polar surface area (TPSA) is 69.3 Å². The lowest BCUT2D eigenvalue weighted by molar-refractivity contribution is -0.131. The fourth-order valence-corrected chi connectivity index (χ4v) is 5.09. The largest absolute Gasteiger partial charge is 0.333 e. The van der Waals surface area contributed by atoms with Gasteiger partial charge in [0.1, 0.15) is 5.82 Å². The summed E-state index contributed by atoms with van der Waals surface area (Å²) in [7, 11) is 0. The summed E-state index contributed by atoms with van der Waals surface area (Å²) in [5, 5.41) is 0. The van der Waals surface area contributed by atoms with E-state index in [1.54, 1.807) is 0 Å². The summed E-state index contributed by atoms with van der Waals surface area (Å²) >= 11 is 0. The van der Waals surface area contributed by atoms with Crippen LogP contribution in [0.15, 0.2) is 4.79 Å². The van der Waals surface area contributed by atoms with Crippen molar-refractivity contribution in [2.45, 2.75) is 83.8 Å². The van der Waals surface area contributed by atoms with Crippen LogP contribution in [0.25, 0.3) is 0 Å². The molecule has 0 unspecified atom stereocenters. The first-order valence-electron chi connectivity index (χ1n) is 10.7. The number of carbonyl (C=O) groups is 1. The van der Waals surface area contributed by atoms with E-state index in [0.717, 1.165) is 56.1 Å². The number of hydrogen-bond donors (Lipinski definition) is 1. The number of H-pyrrole nitrogens is 1. The number of likely N-dealkylation sites (tertiary alicyclic amines) is 1. The summed E-state index contributed by atoms with van der Waals surface area (Å²) in [5.74, 6) is 1.68. The average molecular weight is 373 g/mol. The van der Waals surface area contributed by atoms with Crippen LogP contribution in [0.3, 0.4) is 0 Å². The van der Waals surface area contributed by atoms with Crippen LogP contribution in [0, 0.1) is 5.92 Å². The Morgan fingerprint density at radius 2 is 1.96 bits per heavy atom. The van der Waals surface area contributed by atoms with Gasteiger partial charge >= 0.3 is 0 Å². The van der Waals surface area contributed by atoms with Gasteiger partial charge in [0.2, 0.25) is 5.91 Å². The molecule has 4 rings (SSSR count). The first-order chi connectivity index (χ1) is 13.1. The minimum Gasteiger partial charge on any atom is -0.333 e. The smallest absolute Gasteiger partial charge is 0.255 e. The molecule has 6 heteroatoms. The predicted molar refractivity (Wildman–Crippen MR) is 104 cm³/mol. The minimum atomic E-state index is -0.0617. The summed E-state index contributed by atoms with van der Waals surface area (Å²) in [4.78, 5) is 37.3. The average Bonchev–Trinajstić information content (AvgIpc) is 3.17. The zero-order valence-electron chi connectivity index (χ0n) is 16.7. The van der Waals surface area contributed by atoms with Crippen molar-refractivity contribution in [1.82, 2.24) is 19.8 Å². The number of aromatic amines is 1. The van der Waals surface area contributed by atoms with E-state index in [2.05, 4.69) is 16.8 Å². The maximum atomic E-state index is 12.8. The number of aromatic nitrogens is 2. The third-order valence-electron chi connectivity index (χ3n) is 6.81. The second-order valence-corrected chi connectivity index (χ2v) is 8.61. The SMILES string of the molecule is CCC(=O)N1CCC[C@@H]1c1nc2c(c(=O)[nH]1)CN(C1CCC(C)CC1)CC2. The van der Waals surface area contributed by atoms with Gasteiger partial charge in [-0.3, -0.25) is 14.5 Å². The molecule has 1 amide bonds. The predicted octanol–water partition coefficient (Wildman–Crippen LogP) is 2.78. The molecule has 2 fully saturated rings. The lowest BCUT2D eigenvalue weighted by Crippen LogP contribution is -2.44. The van der Waals surface area contributed by atoms with E-state index in [0.29, 0.717) is 18.3 Å². The van der Waals surface area contributed by atoms with Gasteiger partial charge in [0, 0.05) is 38.5 Å². The number of rotatable bonds is 3. The van der Waals surface area contributed by atoms with Gasteiger partial charge in [0.05, 0.1) is 17.3 Å². The highest BCUT2D eigenvalue weighted by Gasteiger charge is 2.33. The molecule has 0 spiro atoms. The standard InChI is InChI=1S/C21H32N4O2/c1-3-19(26)25-11-4-5-18(25)20-22-17-10-12-24(13-16(17)21(27)23-20)15-8-6-14(2)7-9-15/h14-15,18H,3-13H2,1-2H3,(H,22,23,27)/t14?,15?,18-/m1/s1. The molecule has 0 aromatic carbocycles. The molecule has 1 N–H and O–H groups in total. The third-order valence-corrected chi connectivity index (χ3v) is 6.81. The Kier molecular flexibility index (Phi) is 5.35. The first-order valence-corrected chi connectivity index (χ1v) is 10.7. The zero-order chi connectivity index (χ0) is 19.0. The van der Waals surface area contributed by atoms with Crippen molar-refractivity contribution in [3.8, 4) is 0 Å². The van der Waals surface area contributed by atoms with E-state index in [-0.39, 0.29) is 17.5 Å². The van der Waals surface area contributed by atoms with Gasteiger partial charge in [-0.1, -0.05) is 13.8 Å². The fraction of sp³-hybridized carbons (Fsp3) is 0.762. The van der Waals surface area contributed by atoms with E-state index in [1.165, 1.54) is 25.7 Å². The highest BCUT2D eigenvalue weighted by molar-refractivity contribution is 5.76. The number of hydrogen-bond acceptors (Lipinski definition) is 4. The summed E-state index contributed by atoms with van der Waals surface area (Å²) in [6.45, 7) is 6.71. The van der Waals surface area contributed by atoms with E-state index in [9.17, 15) is 9.59 Å². The van der Waals surface area contributed by atoms with Gasteiger partial charge in [-0.05, 0) is 44.4 Å². The Balaban J connectivity index is 1.53. The molecule has 1 atom stereocenters. The summed E-state index contributed by atoms with van der Waals surface area (Å²) in [5.41, 5.74) is 1.79. The van der Waals surface area contributed by atoms with Gasteiger partial charge < -0.3 is 9.88 Å². The Morgan fingerprint density at radius 1 is 1.19 bits per heavy atom. The number of nitrogens with one attached hydrogen (secondary N) is 1. The molecule has 2 aliphatic heterocycles.